The Morgan fingerprint density at radius 1 is 1.24 bits per heavy atom. The summed E-state index contributed by atoms with van der Waals surface area (Å²) in [6.45, 7) is 0.358. The van der Waals surface area contributed by atoms with E-state index in [1.54, 1.807) is 0 Å². The van der Waals surface area contributed by atoms with Crippen molar-refractivity contribution in [2.45, 2.75) is 11.6 Å². The molecule has 2 rings (SSSR count). The van der Waals surface area contributed by atoms with Gasteiger partial charge in [-0.2, -0.15) is 0 Å². The Labute approximate surface area is 98.9 Å². The molecule has 0 aliphatic heterocycles. The highest BCUT2D eigenvalue weighted by Gasteiger charge is 2.19. The summed E-state index contributed by atoms with van der Waals surface area (Å²) >= 11 is 0. The Morgan fingerprint density at radius 2 is 1.88 bits per heavy atom. The summed E-state index contributed by atoms with van der Waals surface area (Å²) in [6.07, 6.45) is 1.36. The Balaban J connectivity index is 2.42. The van der Waals surface area contributed by atoms with Crippen molar-refractivity contribution in [2.75, 3.05) is 5.73 Å². The van der Waals surface area contributed by atoms with Crippen LogP contribution in [0.3, 0.4) is 0 Å². The molecule has 0 aliphatic rings. The molecule has 0 saturated carbocycles. The number of anilines is 1. The van der Waals surface area contributed by atoms with E-state index in [4.69, 9.17) is 10.9 Å². The van der Waals surface area contributed by atoms with Gasteiger partial charge in [-0.3, -0.25) is 0 Å². The summed E-state index contributed by atoms with van der Waals surface area (Å²) in [5.41, 5.74) is 6.43. The van der Waals surface area contributed by atoms with E-state index in [2.05, 4.69) is 4.98 Å². The minimum Gasteiger partial charge on any atom is -0.381 e. The van der Waals surface area contributed by atoms with Gasteiger partial charge in [-0.1, -0.05) is 30.3 Å². The maximum absolute atomic E-state index is 11.4. The minimum absolute atomic E-state index is 0.0802. The number of primary sulfonamides is 1. The second-order valence-electron chi connectivity index (χ2n) is 3.59. The first-order valence-electron chi connectivity index (χ1n) is 4.86. The molecule has 0 fully saturated rings. The van der Waals surface area contributed by atoms with E-state index in [1.165, 1.54) is 10.9 Å². The fourth-order valence-corrected chi connectivity index (χ4v) is 2.37. The minimum atomic E-state index is -3.87. The van der Waals surface area contributed by atoms with Crippen LogP contribution in [-0.4, -0.2) is 18.0 Å². The second-order valence-corrected chi connectivity index (χ2v) is 5.07. The average molecular weight is 252 g/mol. The van der Waals surface area contributed by atoms with Crippen LogP contribution in [0.1, 0.15) is 5.56 Å². The van der Waals surface area contributed by atoms with Crippen LogP contribution in [0.15, 0.2) is 41.7 Å². The Morgan fingerprint density at radius 3 is 2.47 bits per heavy atom. The van der Waals surface area contributed by atoms with Crippen molar-refractivity contribution in [2.24, 2.45) is 5.14 Å². The van der Waals surface area contributed by atoms with E-state index >= 15 is 0 Å². The quantitative estimate of drug-likeness (QED) is 0.811. The van der Waals surface area contributed by atoms with Gasteiger partial charge in [0.05, 0.1) is 6.33 Å². The number of aromatic nitrogens is 2. The fraction of sp³-hybridized carbons (Fsp3) is 0.100. The molecule has 90 valence electrons. The van der Waals surface area contributed by atoms with Crippen molar-refractivity contribution in [3.8, 4) is 0 Å². The SMILES string of the molecule is Nc1ncn(Cc2ccccc2)c1S(N)(=O)=O. The highest BCUT2D eigenvalue weighted by Crippen LogP contribution is 2.16. The predicted molar refractivity (Wildman–Crippen MR) is 63.6 cm³/mol. The van der Waals surface area contributed by atoms with Gasteiger partial charge in [0, 0.05) is 6.54 Å². The van der Waals surface area contributed by atoms with Gasteiger partial charge < -0.3 is 10.3 Å². The number of nitrogens with two attached hydrogens (primary N) is 2. The van der Waals surface area contributed by atoms with E-state index in [9.17, 15) is 8.42 Å². The number of nitrogens with zero attached hydrogens (tertiary/aromatic N) is 2. The molecule has 0 radical (unpaired) electrons. The summed E-state index contributed by atoms with van der Waals surface area (Å²) in [4.78, 5) is 3.76. The van der Waals surface area contributed by atoms with Crippen LogP contribution >= 0.6 is 0 Å². The molecule has 0 spiro atoms. The molecule has 1 heterocycles. The molecule has 1 aromatic heterocycles. The lowest BCUT2D eigenvalue weighted by Gasteiger charge is -2.06. The Bertz CT molecular complexity index is 619. The number of nitrogen functional groups attached to an aromatic ring is 1. The van der Waals surface area contributed by atoms with Crippen LogP contribution in [0, 0.1) is 0 Å². The molecule has 4 N–H and O–H groups in total. The number of benzene rings is 1. The van der Waals surface area contributed by atoms with Crippen molar-refractivity contribution < 1.29 is 8.42 Å². The first kappa shape index (κ1) is 11.6. The fourth-order valence-electron chi connectivity index (χ4n) is 1.59. The second kappa shape index (κ2) is 4.19. The van der Waals surface area contributed by atoms with Gasteiger partial charge in [-0.25, -0.2) is 18.5 Å². The normalized spacial score (nSPS) is 11.6. The molecule has 0 bridgehead atoms. The maximum Gasteiger partial charge on any atom is 0.257 e. The van der Waals surface area contributed by atoms with E-state index in [-0.39, 0.29) is 10.8 Å². The van der Waals surface area contributed by atoms with E-state index in [1.807, 2.05) is 30.3 Å². The van der Waals surface area contributed by atoms with Crippen LogP contribution in [0.2, 0.25) is 0 Å². The molecular formula is C10H12N4O2S. The Kier molecular flexibility index (Phi) is 2.86. The number of imidazole rings is 1. The molecule has 6 nitrogen and oxygen atoms in total. The van der Waals surface area contributed by atoms with Crippen LogP contribution in [0.5, 0.6) is 0 Å². The van der Waals surface area contributed by atoms with Crippen molar-refractivity contribution in [1.82, 2.24) is 9.55 Å². The summed E-state index contributed by atoms with van der Waals surface area (Å²) in [7, 11) is -3.87. The number of hydrogen-bond acceptors (Lipinski definition) is 4. The third kappa shape index (κ3) is 2.45. The smallest absolute Gasteiger partial charge is 0.257 e. The van der Waals surface area contributed by atoms with Gasteiger partial charge in [0.2, 0.25) is 0 Å². The lowest BCUT2D eigenvalue weighted by molar-refractivity contribution is 0.583. The van der Waals surface area contributed by atoms with Crippen LogP contribution in [0.25, 0.3) is 0 Å². The number of hydrogen-bond donors (Lipinski definition) is 2. The standard InChI is InChI=1S/C10H12N4O2S/c11-9-10(17(12,15)16)14(7-13-9)6-8-4-2-1-3-5-8/h1-5,7H,6,11H2,(H2,12,15,16). The predicted octanol–water partition coefficient (Wildman–Crippen LogP) is 0.161. The highest BCUT2D eigenvalue weighted by molar-refractivity contribution is 7.89. The lowest BCUT2D eigenvalue weighted by atomic mass is 10.2. The van der Waals surface area contributed by atoms with Crippen molar-refractivity contribution in [1.29, 1.82) is 0 Å². The topological polar surface area (TPSA) is 104 Å². The molecule has 2 aromatic rings. The van der Waals surface area contributed by atoms with Gasteiger partial charge >= 0.3 is 0 Å². The molecule has 1 aromatic carbocycles. The lowest BCUT2D eigenvalue weighted by Crippen LogP contribution is -2.19. The van der Waals surface area contributed by atoms with Crippen LogP contribution in [0.4, 0.5) is 5.82 Å². The molecule has 0 atom stereocenters. The first-order chi connectivity index (χ1) is 7.98. The first-order valence-corrected chi connectivity index (χ1v) is 6.40. The monoisotopic (exact) mass is 252 g/mol. The molecule has 7 heteroatoms. The summed E-state index contributed by atoms with van der Waals surface area (Å²) in [5.74, 6) is -0.0802. The van der Waals surface area contributed by atoms with Crippen LogP contribution in [-0.2, 0) is 16.6 Å². The van der Waals surface area contributed by atoms with Gasteiger partial charge in [0.15, 0.2) is 10.8 Å². The van der Waals surface area contributed by atoms with E-state index < -0.39 is 10.0 Å². The zero-order valence-corrected chi connectivity index (χ0v) is 9.76. The van der Waals surface area contributed by atoms with Crippen LogP contribution < -0.4 is 10.9 Å². The van der Waals surface area contributed by atoms with Crippen molar-refractivity contribution >= 4 is 15.8 Å². The molecule has 17 heavy (non-hydrogen) atoms. The van der Waals surface area contributed by atoms with Gasteiger partial charge in [0.1, 0.15) is 0 Å². The number of rotatable bonds is 3. The summed E-state index contributed by atoms with van der Waals surface area (Å²) in [6, 6.07) is 9.37. The molecule has 0 aliphatic carbocycles. The highest BCUT2D eigenvalue weighted by atomic mass is 32.2. The zero-order chi connectivity index (χ0) is 12.5. The average Bonchev–Trinajstić information content (AvgIpc) is 2.60. The third-order valence-electron chi connectivity index (χ3n) is 2.28. The largest absolute Gasteiger partial charge is 0.381 e. The maximum atomic E-state index is 11.4. The third-order valence-corrected chi connectivity index (χ3v) is 3.26. The number of sulfonamides is 1. The zero-order valence-electron chi connectivity index (χ0n) is 8.95. The Hall–Kier alpha value is -1.86. The van der Waals surface area contributed by atoms with Gasteiger partial charge in [-0.05, 0) is 5.56 Å². The van der Waals surface area contributed by atoms with E-state index in [0.29, 0.717) is 6.54 Å². The molecule has 0 unspecified atom stereocenters. The molecule has 0 amide bonds. The van der Waals surface area contributed by atoms with Gasteiger partial charge in [-0.15, -0.1) is 0 Å². The van der Waals surface area contributed by atoms with Crippen molar-refractivity contribution in [3.05, 3.63) is 42.2 Å². The summed E-state index contributed by atoms with van der Waals surface area (Å²) < 4.78 is 24.1. The van der Waals surface area contributed by atoms with E-state index in [0.717, 1.165) is 5.56 Å². The van der Waals surface area contributed by atoms with Crippen molar-refractivity contribution in [3.63, 3.8) is 0 Å². The summed E-state index contributed by atoms with van der Waals surface area (Å²) in [5, 5.41) is 4.94. The van der Waals surface area contributed by atoms with Gasteiger partial charge in [0.25, 0.3) is 10.0 Å². The molecular weight excluding hydrogens is 240 g/mol. The molecule has 0 saturated heterocycles.